The molecule has 5 heteroatoms. The molecule has 1 fully saturated rings. The highest BCUT2D eigenvalue weighted by Gasteiger charge is 2.19. The standard InChI is InChI=1S/C17H19N3O2/c1-22-15-7-5-14(6-8-15)19-16-9-4-13(12-18-16)17(21)20-10-2-3-11-20/h4-9,12H,2-3,10-11H2,1H3,(H,18,19). The van der Waals surface area contributed by atoms with Crippen molar-refractivity contribution in [3.63, 3.8) is 0 Å². The van der Waals surface area contributed by atoms with E-state index in [1.807, 2.05) is 41.3 Å². The van der Waals surface area contributed by atoms with Gasteiger partial charge >= 0.3 is 0 Å². The van der Waals surface area contributed by atoms with Gasteiger partial charge in [-0.3, -0.25) is 4.79 Å². The highest BCUT2D eigenvalue weighted by molar-refractivity contribution is 5.94. The van der Waals surface area contributed by atoms with E-state index in [4.69, 9.17) is 4.74 Å². The molecule has 0 atom stereocenters. The first-order valence-corrected chi connectivity index (χ1v) is 7.43. The fraction of sp³-hybridized carbons (Fsp3) is 0.294. The van der Waals surface area contributed by atoms with Gasteiger partial charge in [-0.25, -0.2) is 4.98 Å². The van der Waals surface area contributed by atoms with Gasteiger partial charge in [-0.15, -0.1) is 0 Å². The lowest BCUT2D eigenvalue weighted by Crippen LogP contribution is -2.27. The van der Waals surface area contributed by atoms with Crippen LogP contribution < -0.4 is 10.1 Å². The minimum atomic E-state index is 0.0704. The summed E-state index contributed by atoms with van der Waals surface area (Å²) in [6.45, 7) is 1.70. The number of likely N-dealkylation sites (tertiary alicyclic amines) is 1. The van der Waals surface area contributed by atoms with Gasteiger partial charge in [-0.2, -0.15) is 0 Å². The number of nitrogens with zero attached hydrogens (tertiary/aromatic N) is 2. The fourth-order valence-electron chi connectivity index (χ4n) is 2.52. The van der Waals surface area contributed by atoms with Crippen molar-refractivity contribution in [3.05, 3.63) is 48.2 Å². The minimum absolute atomic E-state index is 0.0704. The van der Waals surface area contributed by atoms with Gasteiger partial charge in [0.25, 0.3) is 5.91 Å². The van der Waals surface area contributed by atoms with Crippen molar-refractivity contribution in [3.8, 4) is 5.75 Å². The molecule has 22 heavy (non-hydrogen) atoms. The molecule has 1 amide bonds. The molecular weight excluding hydrogens is 278 g/mol. The van der Waals surface area contributed by atoms with Gasteiger partial charge in [0.1, 0.15) is 11.6 Å². The van der Waals surface area contributed by atoms with Gasteiger partial charge in [-0.05, 0) is 49.2 Å². The number of anilines is 2. The van der Waals surface area contributed by atoms with Crippen LogP contribution in [-0.2, 0) is 0 Å². The van der Waals surface area contributed by atoms with Gasteiger partial charge < -0.3 is 15.0 Å². The highest BCUT2D eigenvalue weighted by atomic mass is 16.5. The first-order valence-electron chi connectivity index (χ1n) is 7.43. The largest absolute Gasteiger partial charge is 0.497 e. The van der Waals surface area contributed by atoms with Gasteiger partial charge in [0.2, 0.25) is 0 Å². The van der Waals surface area contributed by atoms with E-state index in [-0.39, 0.29) is 5.91 Å². The molecule has 5 nitrogen and oxygen atoms in total. The number of amides is 1. The second kappa shape index (κ2) is 6.47. The predicted octanol–water partition coefficient (Wildman–Crippen LogP) is 3.07. The average molecular weight is 297 g/mol. The molecule has 0 spiro atoms. The van der Waals surface area contributed by atoms with Crippen LogP contribution in [0.3, 0.4) is 0 Å². The Kier molecular flexibility index (Phi) is 4.23. The monoisotopic (exact) mass is 297 g/mol. The summed E-state index contributed by atoms with van der Waals surface area (Å²) in [5.41, 5.74) is 1.56. The summed E-state index contributed by atoms with van der Waals surface area (Å²) in [4.78, 5) is 18.4. The topological polar surface area (TPSA) is 54.5 Å². The molecule has 1 aliphatic heterocycles. The number of carbonyl (C=O) groups is 1. The van der Waals surface area contributed by atoms with Crippen molar-refractivity contribution in [2.24, 2.45) is 0 Å². The molecule has 0 aliphatic carbocycles. The Labute approximate surface area is 129 Å². The number of hydrogen-bond donors (Lipinski definition) is 1. The van der Waals surface area contributed by atoms with Crippen molar-refractivity contribution in [2.75, 3.05) is 25.5 Å². The van der Waals surface area contributed by atoms with Crippen LogP contribution in [0.2, 0.25) is 0 Å². The van der Waals surface area contributed by atoms with E-state index >= 15 is 0 Å². The maximum Gasteiger partial charge on any atom is 0.255 e. The maximum atomic E-state index is 12.2. The zero-order valence-corrected chi connectivity index (χ0v) is 12.6. The first-order chi connectivity index (χ1) is 10.8. The van der Waals surface area contributed by atoms with E-state index in [1.165, 1.54) is 0 Å². The summed E-state index contributed by atoms with van der Waals surface area (Å²) >= 11 is 0. The van der Waals surface area contributed by atoms with Gasteiger partial charge in [0, 0.05) is 25.0 Å². The van der Waals surface area contributed by atoms with E-state index in [0.29, 0.717) is 11.4 Å². The first kappa shape index (κ1) is 14.4. The molecule has 1 N–H and O–H groups in total. The van der Waals surface area contributed by atoms with Crippen LogP contribution in [0.1, 0.15) is 23.2 Å². The van der Waals surface area contributed by atoms with Crippen molar-refractivity contribution < 1.29 is 9.53 Å². The molecule has 0 radical (unpaired) electrons. The lowest BCUT2D eigenvalue weighted by molar-refractivity contribution is 0.0792. The van der Waals surface area contributed by atoms with Gasteiger partial charge in [0.15, 0.2) is 0 Å². The zero-order valence-electron chi connectivity index (χ0n) is 12.6. The number of hydrogen-bond acceptors (Lipinski definition) is 4. The number of benzene rings is 1. The van der Waals surface area contributed by atoms with Crippen molar-refractivity contribution in [2.45, 2.75) is 12.8 Å². The Morgan fingerprint density at radius 3 is 2.45 bits per heavy atom. The summed E-state index contributed by atoms with van der Waals surface area (Å²) in [6.07, 6.45) is 3.82. The SMILES string of the molecule is COc1ccc(Nc2ccc(C(=O)N3CCCC3)cn2)cc1. The number of nitrogens with one attached hydrogen (secondary N) is 1. The van der Waals surface area contributed by atoms with E-state index in [2.05, 4.69) is 10.3 Å². The smallest absolute Gasteiger partial charge is 0.255 e. The van der Waals surface area contributed by atoms with Crippen LogP contribution in [0.4, 0.5) is 11.5 Å². The molecule has 1 aromatic heterocycles. The molecule has 3 rings (SSSR count). The molecular formula is C17H19N3O2. The lowest BCUT2D eigenvalue weighted by atomic mass is 10.2. The molecule has 0 saturated carbocycles. The van der Waals surface area contributed by atoms with Crippen LogP contribution in [-0.4, -0.2) is 36.0 Å². The average Bonchev–Trinajstić information content (AvgIpc) is 3.10. The van der Waals surface area contributed by atoms with E-state index in [9.17, 15) is 4.79 Å². The molecule has 1 saturated heterocycles. The number of pyridine rings is 1. The number of ether oxygens (including phenoxy) is 1. The third kappa shape index (κ3) is 3.19. The summed E-state index contributed by atoms with van der Waals surface area (Å²) in [5.74, 6) is 1.59. The van der Waals surface area contributed by atoms with E-state index in [1.54, 1.807) is 13.3 Å². The molecule has 0 unspecified atom stereocenters. The molecule has 114 valence electrons. The third-order valence-electron chi connectivity index (χ3n) is 3.77. The van der Waals surface area contributed by atoms with Crippen molar-refractivity contribution in [1.29, 1.82) is 0 Å². The number of carbonyl (C=O) groups excluding carboxylic acids is 1. The van der Waals surface area contributed by atoms with E-state index < -0.39 is 0 Å². The number of aromatic nitrogens is 1. The van der Waals surface area contributed by atoms with Gasteiger partial charge in [0.05, 0.1) is 12.7 Å². The van der Waals surface area contributed by atoms with Crippen LogP contribution in [0, 0.1) is 0 Å². The van der Waals surface area contributed by atoms with Crippen LogP contribution in [0.25, 0.3) is 0 Å². The highest BCUT2D eigenvalue weighted by Crippen LogP contribution is 2.19. The Balaban J connectivity index is 1.66. The van der Waals surface area contributed by atoms with Crippen LogP contribution in [0.15, 0.2) is 42.6 Å². The zero-order chi connectivity index (χ0) is 15.4. The summed E-state index contributed by atoms with van der Waals surface area (Å²) in [5, 5.41) is 3.20. The molecule has 0 bridgehead atoms. The fourth-order valence-corrected chi connectivity index (χ4v) is 2.52. The molecule has 2 heterocycles. The van der Waals surface area contributed by atoms with Crippen molar-refractivity contribution >= 4 is 17.4 Å². The summed E-state index contributed by atoms with van der Waals surface area (Å²) in [7, 11) is 1.64. The van der Waals surface area contributed by atoms with Crippen molar-refractivity contribution in [1.82, 2.24) is 9.88 Å². The predicted molar refractivity (Wildman–Crippen MR) is 85.7 cm³/mol. The second-order valence-electron chi connectivity index (χ2n) is 5.28. The quantitative estimate of drug-likeness (QED) is 0.942. The normalized spacial score (nSPS) is 14.0. The summed E-state index contributed by atoms with van der Waals surface area (Å²) < 4.78 is 5.12. The molecule has 1 aromatic carbocycles. The molecule has 1 aliphatic rings. The Bertz CT molecular complexity index is 632. The Hall–Kier alpha value is -2.56. The maximum absolute atomic E-state index is 12.2. The Morgan fingerprint density at radius 1 is 1.14 bits per heavy atom. The third-order valence-corrected chi connectivity index (χ3v) is 3.77. The van der Waals surface area contributed by atoms with Gasteiger partial charge in [-0.1, -0.05) is 0 Å². The van der Waals surface area contributed by atoms with Crippen LogP contribution >= 0.6 is 0 Å². The number of rotatable bonds is 4. The number of methoxy groups -OCH3 is 1. The summed E-state index contributed by atoms with van der Waals surface area (Å²) in [6, 6.07) is 11.3. The minimum Gasteiger partial charge on any atom is -0.497 e. The van der Waals surface area contributed by atoms with E-state index in [0.717, 1.165) is 37.4 Å². The lowest BCUT2D eigenvalue weighted by Gasteiger charge is -2.15. The van der Waals surface area contributed by atoms with Crippen LogP contribution in [0.5, 0.6) is 5.75 Å². The molecule has 2 aromatic rings. The second-order valence-corrected chi connectivity index (χ2v) is 5.28. The Morgan fingerprint density at radius 2 is 1.86 bits per heavy atom.